The summed E-state index contributed by atoms with van der Waals surface area (Å²) in [5.41, 5.74) is 7.14. The van der Waals surface area contributed by atoms with Gasteiger partial charge in [0, 0.05) is 17.1 Å². The highest BCUT2D eigenvalue weighted by Crippen LogP contribution is 2.17. The normalized spacial score (nSPS) is 11.8. The summed E-state index contributed by atoms with van der Waals surface area (Å²) in [5.74, 6) is 1.27. The van der Waals surface area contributed by atoms with E-state index >= 15 is 0 Å². The molecule has 106 valence electrons. The molecule has 4 N–H and O–H groups in total. The lowest BCUT2D eigenvalue weighted by molar-refractivity contribution is 0.318. The Morgan fingerprint density at radius 3 is 2.89 bits per heavy atom. The molecule has 4 nitrogen and oxygen atoms in total. The zero-order chi connectivity index (χ0) is 14.1. The van der Waals surface area contributed by atoms with Crippen LogP contribution in [0.15, 0.2) is 23.4 Å². The van der Waals surface area contributed by atoms with Crippen LogP contribution in [0, 0.1) is 0 Å². The smallest absolute Gasteiger partial charge is 0.170 e. The predicted molar refractivity (Wildman–Crippen MR) is 83.3 cm³/mol. The predicted octanol–water partition coefficient (Wildman–Crippen LogP) is 2.67. The van der Waals surface area contributed by atoms with Gasteiger partial charge in [-0.25, -0.2) is 0 Å². The fourth-order valence-corrected chi connectivity index (χ4v) is 2.37. The molecule has 0 atom stereocenters. The number of benzene rings is 1. The van der Waals surface area contributed by atoms with Gasteiger partial charge in [0.2, 0.25) is 0 Å². The fourth-order valence-electron chi connectivity index (χ4n) is 1.63. The first-order chi connectivity index (χ1) is 9.19. The lowest BCUT2D eigenvalue weighted by Crippen LogP contribution is -2.16. The van der Waals surface area contributed by atoms with Crippen molar-refractivity contribution in [1.29, 1.82) is 0 Å². The Hall–Kier alpha value is -0.910. The van der Waals surface area contributed by atoms with Crippen LogP contribution in [0.3, 0.4) is 0 Å². The van der Waals surface area contributed by atoms with Crippen LogP contribution in [-0.2, 0) is 6.54 Å². The molecule has 6 heteroatoms. The number of hydrogen-bond acceptors (Lipinski definition) is 4. The molecule has 0 aromatic heterocycles. The van der Waals surface area contributed by atoms with E-state index < -0.39 is 0 Å². The maximum Gasteiger partial charge on any atom is 0.170 e. The highest BCUT2D eigenvalue weighted by molar-refractivity contribution is 7.98. The highest BCUT2D eigenvalue weighted by Gasteiger charge is 2.04. The van der Waals surface area contributed by atoms with E-state index in [4.69, 9.17) is 22.5 Å². The van der Waals surface area contributed by atoms with E-state index in [0.29, 0.717) is 10.6 Å². The number of oxime groups is 1. The summed E-state index contributed by atoms with van der Waals surface area (Å²) in [5, 5.41) is 15.5. The third kappa shape index (κ3) is 5.72. The molecule has 1 aromatic rings. The van der Waals surface area contributed by atoms with Gasteiger partial charge in [-0.3, -0.25) is 0 Å². The molecule has 0 saturated heterocycles. The molecule has 0 fully saturated rings. The van der Waals surface area contributed by atoms with E-state index in [2.05, 4.69) is 16.7 Å². The fraction of sp³-hybridized carbons (Fsp3) is 0.462. The van der Waals surface area contributed by atoms with E-state index in [1.165, 1.54) is 18.6 Å². The monoisotopic (exact) mass is 301 g/mol. The van der Waals surface area contributed by atoms with Gasteiger partial charge in [-0.05, 0) is 43.0 Å². The van der Waals surface area contributed by atoms with Gasteiger partial charge >= 0.3 is 0 Å². The Morgan fingerprint density at radius 1 is 1.47 bits per heavy atom. The first-order valence-electron chi connectivity index (χ1n) is 6.15. The summed E-state index contributed by atoms with van der Waals surface area (Å²) in [7, 11) is 0. The van der Waals surface area contributed by atoms with Gasteiger partial charge in [-0.15, -0.1) is 0 Å². The standard InChI is InChI=1S/C13H20ClN3OS/c1-19-7-3-2-6-16-9-11-5-4-10(8-12(11)14)13(15)17-18/h4-5,8,16,18H,2-3,6-7,9H2,1H3,(H2,15,17). The number of thioether (sulfide) groups is 1. The molecule has 0 bridgehead atoms. The van der Waals surface area contributed by atoms with Gasteiger partial charge in [0.15, 0.2) is 5.84 Å². The second-order valence-electron chi connectivity index (χ2n) is 4.17. The average molecular weight is 302 g/mol. The molecule has 0 unspecified atom stereocenters. The van der Waals surface area contributed by atoms with Crippen molar-refractivity contribution < 1.29 is 5.21 Å². The Labute approximate surface area is 123 Å². The minimum atomic E-state index is 0.0680. The number of halogens is 1. The van der Waals surface area contributed by atoms with Gasteiger partial charge in [0.1, 0.15) is 0 Å². The van der Waals surface area contributed by atoms with Crippen LogP contribution in [0.2, 0.25) is 5.02 Å². The summed E-state index contributed by atoms with van der Waals surface area (Å²) >= 11 is 8.03. The second-order valence-corrected chi connectivity index (χ2v) is 5.56. The van der Waals surface area contributed by atoms with Crippen molar-refractivity contribution >= 4 is 29.2 Å². The third-order valence-corrected chi connectivity index (χ3v) is 3.77. The molecule has 0 aliphatic heterocycles. The summed E-state index contributed by atoms with van der Waals surface area (Å²) in [4.78, 5) is 0. The number of hydrogen-bond donors (Lipinski definition) is 3. The van der Waals surface area contributed by atoms with E-state index in [0.717, 1.165) is 18.7 Å². The highest BCUT2D eigenvalue weighted by atomic mass is 35.5. The summed E-state index contributed by atoms with van der Waals surface area (Å²) in [6.45, 7) is 1.72. The zero-order valence-corrected chi connectivity index (χ0v) is 12.6. The number of amidine groups is 1. The van der Waals surface area contributed by atoms with Crippen LogP contribution >= 0.6 is 23.4 Å². The van der Waals surface area contributed by atoms with E-state index in [1.807, 2.05) is 17.8 Å². The number of nitrogens with two attached hydrogens (primary N) is 1. The Balaban J connectivity index is 2.43. The lowest BCUT2D eigenvalue weighted by Gasteiger charge is -2.08. The molecule has 0 aliphatic rings. The van der Waals surface area contributed by atoms with Crippen molar-refractivity contribution in [3.8, 4) is 0 Å². The van der Waals surface area contributed by atoms with Gasteiger partial charge in [0.05, 0.1) is 0 Å². The van der Waals surface area contributed by atoms with E-state index in [1.54, 1.807) is 12.1 Å². The maximum absolute atomic E-state index is 8.60. The van der Waals surface area contributed by atoms with Crippen LogP contribution < -0.4 is 11.1 Å². The van der Waals surface area contributed by atoms with Crippen molar-refractivity contribution in [3.05, 3.63) is 34.3 Å². The quantitative estimate of drug-likeness (QED) is 0.227. The summed E-state index contributed by atoms with van der Waals surface area (Å²) in [6, 6.07) is 5.40. The minimum Gasteiger partial charge on any atom is -0.409 e. The molecular formula is C13H20ClN3OS. The molecule has 1 aromatic carbocycles. The zero-order valence-electron chi connectivity index (χ0n) is 11.0. The number of nitrogens with one attached hydrogen (secondary N) is 1. The molecular weight excluding hydrogens is 282 g/mol. The second kappa shape index (κ2) is 9.07. The maximum atomic E-state index is 8.60. The summed E-state index contributed by atoms with van der Waals surface area (Å²) in [6.07, 6.45) is 4.52. The third-order valence-electron chi connectivity index (χ3n) is 2.72. The molecule has 0 aliphatic carbocycles. The number of rotatable bonds is 8. The summed E-state index contributed by atoms with van der Waals surface area (Å²) < 4.78 is 0. The van der Waals surface area contributed by atoms with Crippen molar-refractivity contribution in [2.75, 3.05) is 18.6 Å². The van der Waals surface area contributed by atoms with Crippen LogP contribution in [0.25, 0.3) is 0 Å². The van der Waals surface area contributed by atoms with Crippen LogP contribution in [0.4, 0.5) is 0 Å². The Kier molecular flexibility index (Phi) is 7.70. The van der Waals surface area contributed by atoms with Crippen molar-refractivity contribution in [2.24, 2.45) is 10.9 Å². The molecule has 0 heterocycles. The molecule has 1 rings (SSSR count). The SMILES string of the molecule is CSCCCCNCc1ccc(/C(N)=N/O)cc1Cl. The van der Waals surface area contributed by atoms with Crippen LogP contribution in [0.1, 0.15) is 24.0 Å². The first-order valence-corrected chi connectivity index (χ1v) is 7.92. The van der Waals surface area contributed by atoms with Gasteiger partial charge in [-0.2, -0.15) is 11.8 Å². The van der Waals surface area contributed by atoms with Crippen molar-refractivity contribution in [2.45, 2.75) is 19.4 Å². The lowest BCUT2D eigenvalue weighted by atomic mass is 10.1. The average Bonchev–Trinajstić information content (AvgIpc) is 2.43. The molecule has 0 saturated carbocycles. The van der Waals surface area contributed by atoms with Gasteiger partial charge in [0.25, 0.3) is 0 Å². The van der Waals surface area contributed by atoms with Crippen molar-refractivity contribution in [3.63, 3.8) is 0 Å². The number of unbranched alkanes of at least 4 members (excludes halogenated alkanes) is 1. The van der Waals surface area contributed by atoms with E-state index in [-0.39, 0.29) is 5.84 Å². The minimum absolute atomic E-state index is 0.0680. The van der Waals surface area contributed by atoms with Crippen LogP contribution in [-0.4, -0.2) is 29.6 Å². The van der Waals surface area contributed by atoms with Crippen LogP contribution in [0.5, 0.6) is 0 Å². The molecule has 0 spiro atoms. The van der Waals surface area contributed by atoms with Crippen molar-refractivity contribution in [1.82, 2.24) is 5.32 Å². The number of nitrogens with zero attached hydrogens (tertiary/aromatic N) is 1. The molecule has 0 amide bonds. The largest absolute Gasteiger partial charge is 0.409 e. The Bertz CT molecular complexity index is 426. The van der Waals surface area contributed by atoms with Gasteiger partial charge < -0.3 is 16.3 Å². The first kappa shape index (κ1) is 16.1. The van der Waals surface area contributed by atoms with Gasteiger partial charge in [-0.1, -0.05) is 28.9 Å². The Morgan fingerprint density at radius 2 is 2.26 bits per heavy atom. The topological polar surface area (TPSA) is 70.6 Å². The molecule has 0 radical (unpaired) electrons. The molecule has 19 heavy (non-hydrogen) atoms. The van der Waals surface area contributed by atoms with E-state index in [9.17, 15) is 0 Å².